The molecule has 19 heavy (non-hydrogen) atoms. The van der Waals surface area contributed by atoms with Crippen LogP contribution >= 0.6 is 46.4 Å². The molecule has 0 heterocycles. The van der Waals surface area contributed by atoms with Crippen molar-refractivity contribution < 1.29 is 0 Å². The van der Waals surface area contributed by atoms with Gasteiger partial charge in [0.25, 0.3) is 0 Å². The third-order valence-corrected chi connectivity index (χ3v) is 4.38. The molecule has 2 aromatic carbocycles. The monoisotopic (exact) mass is 333 g/mol. The first-order chi connectivity index (χ1) is 8.91. The number of benzene rings is 2. The van der Waals surface area contributed by atoms with Crippen LogP contribution < -0.4 is 5.73 Å². The summed E-state index contributed by atoms with van der Waals surface area (Å²) in [6, 6.07) is 9.23. The number of halogens is 4. The van der Waals surface area contributed by atoms with Crippen LogP contribution in [0.5, 0.6) is 0 Å². The molecule has 0 aromatic heterocycles. The highest BCUT2D eigenvalue weighted by molar-refractivity contribution is 6.51. The maximum absolute atomic E-state index is 6.24. The number of nitrogens with two attached hydrogens (primary N) is 1. The lowest BCUT2D eigenvalue weighted by Crippen LogP contribution is -2.04. The van der Waals surface area contributed by atoms with Crippen LogP contribution in [0.1, 0.15) is 18.5 Å². The molecule has 2 N–H and O–H groups in total. The smallest absolute Gasteiger partial charge is 0.0785 e. The van der Waals surface area contributed by atoms with Crippen LogP contribution in [0.4, 0.5) is 0 Å². The van der Waals surface area contributed by atoms with Gasteiger partial charge in [-0.3, -0.25) is 0 Å². The van der Waals surface area contributed by atoms with Crippen molar-refractivity contribution >= 4 is 46.4 Å². The van der Waals surface area contributed by atoms with Crippen molar-refractivity contribution in [1.82, 2.24) is 0 Å². The van der Waals surface area contributed by atoms with E-state index >= 15 is 0 Å². The highest BCUT2D eigenvalue weighted by Gasteiger charge is 2.16. The summed E-state index contributed by atoms with van der Waals surface area (Å²) >= 11 is 24.5. The Bertz CT molecular complexity index is 623. The van der Waals surface area contributed by atoms with Crippen molar-refractivity contribution in [3.8, 4) is 11.1 Å². The highest BCUT2D eigenvalue weighted by atomic mass is 35.5. The molecule has 1 unspecified atom stereocenters. The minimum absolute atomic E-state index is 0.0692. The fraction of sp³-hybridized carbons (Fsp3) is 0.143. The van der Waals surface area contributed by atoms with E-state index in [1.807, 2.05) is 31.2 Å². The summed E-state index contributed by atoms with van der Waals surface area (Å²) in [5.74, 6) is 0. The van der Waals surface area contributed by atoms with Crippen LogP contribution in [-0.4, -0.2) is 0 Å². The Morgan fingerprint density at radius 2 is 1.63 bits per heavy atom. The zero-order valence-electron chi connectivity index (χ0n) is 10.1. The third-order valence-electron chi connectivity index (χ3n) is 2.82. The molecule has 0 bridgehead atoms. The average Bonchev–Trinajstić information content (AvgIpc) is 2.36. The van der Waals surface area contributed by atoms with E-state index in [4.69, 9.17) is 52.1 Å². The second-order valence-corrected chi connectivity index (χ2v) is 5.83. The van der Waals surface area contributed by atoms with Crippen LogP contribution in [0.2, 0.25) is 20.1 Å². The van der Waals surface area contributed by atoms with Gasteiger partial charge in [-0.1, -0.05) is 64.6 Å². The van der Waals surface area contributed by atoms with Crippen LogP contribution in [0.15, 0.2) is 30.3 Å². The van der Waals surface area contributed by atoms with E-state index in [2.05, 4.69) is 0 Å². The van der Waals surface area contributed by atoms with Crippen LogP contribution in [0.3, 0.4) is 0 Å². The molecule has 0 saturated carbocycles. The molecule has 0 aliphatic rings. The Morgan fingerprint density at radius 3 is 2.26 bits per heavy atom. The molecule has 5 heteroatoms. The summed E-state index contributed by atoms with van der Waals surface area (Å²) in [7, 11) is 0. The quantitative estimate of drug-likeness (QED) is 0.530. The first-order valence-corrected chi connectivity index (χ1v) is 7.12. The summed E-state index contributed by atoms with van der Waals surface area (Å²) in [4.78, 5) is 0. The zero-order chi connectivity index (χ0) is 14.2. The van der Waals surface area contributed by atoms with Gasteiger partial charge in [-0.05, 0) is 30.2 Å². The second-order valence-electron chi connectivity index (χ2n) is 4.26. The summed E-state index contributed by atoms with van der Waals surface area (Å²) in [6.45, 7) is 1.91. The average molecular weight is 335 g/mol. The van der Waals surface area contributed by atoms with E-state index in [-0.39, 0.29) is 6.04 Å². The molecule has 0 aliphatic heterocycles. The Labute approximate surface area is 132 Å². The van der Waals surface area contributed by atoms with Gasteiger partial charge in [-0.15, -0.1) is 0 Å². The first-order valence-electron chi connectivity index (χ1n) is 5.60. The summed E-state index contributed by atoms with van der Waals surface area (Å²) in [5.41, 5.74) is 8.40. The van der Waals surface area contributed by atoms with E-state index in [9.17, 15) is 0 Å². The largest absolute Gasteiger partial charge is 0.324 e. The first kappa shape index (κ1) is 15.0. The fourth-order valence-corrected chi connectivity index (χ4v) is 2.94. The predicted molar refractivity (Wildman–Crippen MR) is 84.5 cm³/mol. The number of hydrogen-bond acceptors (Lipinski definition) is 1. The van der Waals surface area contributed by atoms with Gasteiger partial charge in [0.15, 0.2) is 0 Å². The van der Waals surface area contributed by atoms with E-state index in [0.717, 1.165) is 11.1 Å². The molecule has 2 rings (SSSR count). The number of rotatable bonds is 2. The Balaban J connectivity index is 2.65. The lowest BCUT2D eigenvalue weighted by atomic mass is 10.0. The predicted octanol–water partition coefficient (Wildman–Crippen LogP) is 5.99. The SMILES string of the molecule is CC(N)c1cccc(-c2c(Cl)cc(Cl)c(Cl)c2Cl)c1. The lowest BCUT2D eigenvalue weighted by Gasteiger charge is -2.13. The van der Waals surface area contributed by atoms with Gasteiger partial charge in [0.05, 0.1) is 20.1 Å². The van der Waals surface area contributed by atoms with Crippen molar-refractivity contribution in [1.29, 1.82) is 0 Å². The second kappa shape index (κ2) is 5.90. The normalized spacial score (nSPS) is 12.5. The maximum Gasteiger partial charge on any atom is 0.0785 e. The van der Waals surface area contributed by atoms with Crippen molar-refractivity contribution in [2.24, 2.45) is 5.73 Å². The van der Waals surface area contributed by atoms with Gasteiger partial charge in [0.2, 0.25) is 0 Å². The Morgan fingerprint density at radius 1 is 0.947 bits per heavy atom. The Hall–Kier alpha value is -0.440. The molecule has 2 aromatic rings. The molecule has 1 atom stereocenters. The van der Waals surface area contributed by atoms with Crippen molar-refractivity contribution in [3.05, 3.63) is 56.0 Å². The van der Waals surface area contributed by atoms with Crippen molar-refractivity contribution in [2.75, 3.05) is 0 Å². The molecule has 0 spiro atoms. The van der Waals surface area contributed by atoms with Crippen LogP contribution in [-0.2, 0) is 0 Å². The number of hydrogen-bond donors (Lipinski definition) is 1. The molecule has 0 radical (unpaired) electrons. The molecule has 0 amide bonds. The van der Waals surface area contributed by atoms with E-state index in [1.165, 1.54) is 0 Å². The van der Waals surface area contributed by atoms with Crippen molar-refractivity contribution in [2.45, 2.75) is 13.0 Å². The molecular formula is C14H11Cl4N. The molecule has 0 saturated heterocycles. The topological polar surface area (TPSA) is 26.0 Å². The molecule has 1 nitrogen and oxygen atoms in total. The van der Waals surface area contributed by atoms with Gasteiger partial charge in [0.1, 0.15) is 0 Å². The van der Waals surface area contributed by atoms with Crippen LogP contribution in [0, 0.1) is 0 Å². The summed E-state index contributed by atoms with van der Waals surface area (Å²) < 4.78 is 0. The lowest BCUT2D eigenvalue weighted by molar-refractivity contribution is 0.819. The van der Waals surface area contributed by atoms with E-state index in [0.29, 0.717) is 25.7 Å². The maximum atomic E-state index is 6.24. The molecule has 0 fully saturated rings. The fourth-order valence-electron chi connectivity index (χ4n) is 1.81. The van der Waals surface area contributed by atoms with Crippen LogP contribution in [0.25, 0.3) is 11.1 Å². The minimum Gasteiger partial charge on any atom is -0.324 e. The van der Waals surface area contributed by atoms with Gasteiger partial charge in [-0.2, -0.15) is 0 Å². The van der Waals surface area contributed by atoms with Gasteiger partial charge < -0.3 is 5.73 Å². The van der Waals surface area contributed by atoms with E-state index in [1.54, 1.807) is 6.07 Å². The van der Waals surface area contributed by atoms with E-state index < -0.39 is 0 Å². The van der Waals surface area contributed by atoms with Gasteiger partial charge in [0, 0.05) is 11.6 Å². The molecule has 100 valence electrons. The van der Waals surface area contributed by atoms with Gasteiger partial charge in [-0.25, -0.2) is 0 Å². The third kappa shape index (κ3) is 3.01. The summed E-state index contributed by atoms with van der Waals surface area (Å²) in [5, 5.41) is 1.44. The minimum atomic E-state index is -0.0692. The van der Waals surface area contributed by atoms with Gasteiger partial charge >= 0.3 is 0 Å². The Kier molecular flexibility index (Phi) is 4.65. The standard InChI is InChI=1S/C14H11Cl4N/c1-7(19)8-3-2-4-9(5-8)12-10(15)6-11(16)13(17)14(12)18/h2-7H,19H2,1H3. The highest BCUT2D eigenvalue weighted by Crippen LogP contribution is 2.43. The van der Waals surface area contributed by atoms with Crippen molar-refractivity contribution in [3.63, 3.8) is 0 Å². The summed E-state index contributed by atoms with van der Waals surface area (Å²) in [6.07, 6.45) is 0. The molecule has 0 aliphatic carbocycles. The molecular weight excluding hydrogens is 324 g/mol. The zero-order valence-corrected chi connectivity index (χ0v) is 13.1.